The Morgan fingerprint density at radius 1 is 1.35 bits per heavy atom. The zero-order chi connectivity index (χ0) is 18.1. The molecule has 3 aromatic heterocycles. The summed E-state index contributed by atoms with van der Waals surface area (Å²) >= 11 is 0. The molecular formula is C18H20N6O2. The Bertz CT molecular complexity index is 954. The summed E-state index contributed by atoms with van der Waals surface area (Å²) in [4.78, 5) is 22.5. The van der Waals surface area contributed by atoms with Crippen LogP contribution in [-0.2, 0) is 9.53 Å². The second-order valence-electron chi connectivity index (χ2n) is 6.41. The third-order valence-electron chi connectivity index (χ3n) is 4.33. The number of carbonyl (C=O) groups is 1. The van der Waals surface area contributed by atoms with Crippen molar-refractivity contribution < 1.29 is 9.53 Å². The molecule has 0 aliphatic carbocycles. The summed E-state index contributed by atoms with van der Waals surface area (Å²) in [5, 5.41) is 8.01. The van der Waals surface area contributed by atoms with Gasteiger partial charge in [0.15, 0.2) is 5.82 Å². The summed E-state index contributed by atoms with van der Waals surface area (Å²) < 4.78 is 7.61. The standard InChI is InChI=1S/C18H20N6O2/c1-12(25)21-17-8-15-13(9-19-17)10-20-24(15)18-5-3-4-14(22-18)16-11-23(2)6-7-26-16/h3-5,8-10,16H,6-7,11H2,1-2H3,(H,19,21,25). The zero-order valence-electron chi connectivity index (χ0n) is 14.7. The summed E-state index contributed by atoms with van der Waals surface area (Å²) in [7, 11) is 2.08. The Balaban J connectivity index is 1.71. The molecule has 8 nitrogen and oxygen atoms in total. The first kappa shape index (κ1) is 16.6. The van der Waals surface area contributed by atoms with Crippen LogP contribution in [-0.4, -0.2) is 57.3 Å². The Labute approximate surface area is 150 Å². The Hall–Kier alpha value is -2.84. The Morgan fingerprint density at radius 2 is 2.23 bits per heavy atom. The van der Waals surface area contributed by atoms with E-state index < -0.39 is 0 Å². The molecular weight excluding hydrogens is 332 g/mol. The van der Waals surface area contributed by atoms with Crippen molar-refractivity contribution in [2.45, 2.75) is 13.0 Å². The lowest BCUT2D eigenvalue weighted by molar-refractivity contribution is -0.114. The van der Waals surface area contributed by atoms with Crippen LogP contribution in [0.5, 0.6) is 0 Å². The van der Waals surface area contributed by atoms with E-state index in [1.165, 1.54) is 6.92 Å². The average molecular weight is 352 g/mol. The number of pyridine rings is 2. The number of carbonyl (C=O) groups excluding carboxylic acids is 1. The van der Waals surface area contributed by atoms with Gasteiger partial charge in [-0.05, 0) is 19.2 Å². The minimum absolute atomic E-state index is 0.0490. The van der Waals surface area contributed by atoms with Gasteiger partial charge >= 0.3 is 0 Å². The van der Waals surface area contributed by atoms with E-state index >= 15 is 0 Å². The highest BCUT2D eigenvalue weighted by Crippen LogP contribution is 2.23. The predicted molar refractivity (Wildman–Crippen MR) is 97.2 cm³/mol. The van der Waals surface area contributed by atoms with Crippen molar-refractivity contribution in [3.8, 4) is 5.82 Å². The van der Waals surface area contributed by atoms with Gasteiger partial charge in [-0.1, -0.05) is 6.07 Å². The number of aromatic nitrogens is 4. The van der Waals surface area contributed by atoms with Crippen LogP contribution in [0.25, 0.3) is 16.7 Å². The van der Waals surface area contributed by atoms with Crippen molar-refractivity contribution in [3.63, 3.8) is 0 Å². The fourth-order valence-electron chi connectivity index (χ4n) is 3.05. The molecule has 0 radical (unpaired) electrons. The summed E-state index contributed by atoms with van der Waals surface area (Å²) in [5.41, 5.74) is 1.71. The van der Waals surface area contributed by atoms with E-state index in [-0.39, 0.29) is 12.0 Å². The number of fused-ring (bicyclic) bond motifs is 1. The molecule has 4 heterocycles. The third-order valence-corrected chi connectivity index (χ3v) is 4.33. The lowest BCUT2D eigenvalue weighted by Gasteiger charge is -2.29. The van der Waals surface area contributed by atoms with Gasteiger partial charge in [-0.2, -0.15) is 5.10 Å². The molecule has 1 amide bonds. The van der Waals surface area contributed by atoms with Gasteiger partial charge in [0.25, 0.3) is 0 Å². The number of amides is 1. The van der Waals surface area contributed by atoms with Gasteiger partial charge in [-0.25, -0.2) is 14.6 Å². The van der Waals surface area contributed by atoms with Gasteiger partial charge in [0.1, 0.15) is 11.9 Å². The smallest absolute Gasteiger partial charge is 0.222 e. The lowest BCUT2D eigenvalue weighted by Crippen LogP contribution is -2.35. The zero-order valence-corrected chi connectivity index (χ0v) is 14.7. The third kappa shape index (κ3) is 3.29. The SMILES string of the molecule is CC(=O)Nc1cc2c(cn1)cnn2-c1cccc(C2CN(C)CCO2)n1. The van der Waals surface area contributed by atoms with Crippen LogP contribution in [0.4, 0.5) is 5.82 Å². The summed E-state index contributed by atoms with van der Waals surface area (Å²) in [6.07, 6.45) is 3.37. The molecule has 8 heteroatoms. The predicted octanol–water partition coefficient (Wildman–Crippen LogP) is 1.78. The minimum atomic E-state index is -0.165. The average Bonchev–Trinajstić information content (AvgIpc) is 3.04. The van der Waals surface area contributed by atoms with Crippen molar-refractivity contribution >= 4 is 22.6 Å². The molecule has 0 saturated carbocycles. The van der Waals surface area contributed by atoms with Crippen LogP contribution in [0.2, 0.25) is 0 Å². The van der Waals surface area contributed by atoms with Crippen molar-refractivity contribution in [2.24, 2.45) is 0 Å². The van der Waals surface area contributed by atoms with Gasteiger partial charge < -0.3 is 15.0 Å². The highest BCUT2D eigenvalue weighted by Gasteiger charge is 2.21. The molecule has 1 fully saturated rings. The molecule has 0 spiro atoms. The molecule has 0 bridgehead atoms. The van der Waals surface area contributed by atoms with Crippen molar-refractivity contribution in [2.75, 3.05) is 32.1 Å². The van der Waals surface area contributed by atoms with E-state index in [1.807, 2.05) is 18.2 Å². The molecule has 1 unspecified atom stereocenters. The maximum Gasteiger partial charge on any atom is 0.222 e. The van der Waals surface area contributed by atoms with Gasteiger partial charge in [-0.15, -0.1) is 0 Å². The second kappa shape index (κ2) is 6.81. The van der Waals surface area contributed by atoms with Crippen molar-refractivity contribution in [1.82, 2.24) is 24.6 Å². The first-order valence-electron chi connectivity index (χ1n) is 8.49. The number of nitrogens with one attached hydrogen (secondary N) is 1. The topological polar surface area (TPSA) is 85.2 Å². The van der Waals surface area contributed by atoms with Crippen LogP contribution in [0.3, 0.4) is 0 Å². The van der Waals surface area contributed by atoms with Crippen LogP contribution < -0.4 is 5.32 Å². The summed E-state index contributed by atoms with van der Waals surface area (Å²) in [5.74, 6) is 1.02. The Morgan fingerprint density at radius 3 is 3.04 bits per heavy atom. The number of anilines is 1. The van der Waals surface area contributed by atoms with Gasteiger partial charge in [0, 0.05) is 37.7 Å². The molecule has 134 valence electrons. The van der Waals surface area contributed by atoms with Gasteiger partial charge in [-0.3, -0.25) is 4.79 Å². The number of nitrogens with zero attached hydrogens (tertiary/aromatic N) is 5. The van der Waals surface area contributed by atoms with E-state index in [2.05, 4.69) is 27.3 Å². The largest absolute Gasteiger partial charge is 0.369 e. The van der Waals surface area contributed by atoms with E-state index in [0.717, 1.165) is 29.7 Å². The minimum Gasteiger partial charge on any atom is -0.369 e. The highest BCUT2D eigenvalue weighted by atomic mass is 16.5. The van der Waals surface area contributed by atoms with E-state index in [1.54, 1.807) is 23.1 Å². The second-order valence-corrected chi connectivity index (χ2v) is 6.41. The number of hydrogen-bond acceptors (Lipinski definition) is 6. The first-order chi connectivity index (χ1) is 12.6. The molecule has 1 saturated heterocycles. The molecule has 3 aromatic rings. The lowest BCUT2D eigenvalue weighted by atomic mass is 10.2. The van der Waals surface area contributed by atoms with E-state index in [9.17, 15) is 4.79 Å². The Kier molecular flexibility index (Phi) is 4.36. The monoisotopic (exact) mass is 352 g/mol. The summed E-state index contributed by atoms with van der Waals surface area (Å²) in [6.45, 7) is 3.89. The summed E-state index contributed by atoms with van der Waals surface area (Å²) in [6, 6.07) is 7.63. The quantitative estimate of drug-likeness (QED) is 0.773. The van der Waals surface area contributed by atoms with Crippen molar-refractivity contribution in [3.05, 3.63) is 42.4 Å². The number of morpholine rings is 1. The van der Waals surface area contributed by atoms with Gasteiger partial charge in [0.05, 0.1) is 24.0 Å². The molecule has 1 N–H and O–H groups in total. The van der Waals surface area contributed by atoms with Crippen molar-refractivity contribution in [1.29, 1.82) is 0 Å². The first-order valence-corrected chi connectivity index (χ1v) is 8.49. The van der Waals surface area contributed by atoms with Crippen LogP contribution in [0, 0.1) is 0 Å². The number of hydrogen-bond donors (Lipinski definition) is 1. The molecule has 1 atom stereocenters. The number of ether oxygens (including phenoxy) is 1. The van der Waals surface area contributed by atoms with E-state index in [0.29, 0.717) is 18.2 Å². The van der Waals surface area contributed by atoms with Crippen LogP contribution in [0.1, 0.15) is 18.7 Å². The fourth-order valence-corrected chi connectivity index (χ4v) is 3.05. The molecule has 1 aliphatic rings. The molecule has 26 heavy (non-hydrogen) atoms. The number of likely N-dealkylation sites (N-methyl/N-ethyl adjacent to an activating group) is 1. The maximum atomic E-state index is 11.3. The number of rotatable bonds is 3. The van der Waals surface area contributed by atoms with Crippen LogP contribution >= 0.6 is 0 Å². The molecule has 0 aromatic carbocycles. The van der Waals surface area contributed by atoms with E-state index in [4.69, 9.17) is 9.72 Å². The highest BCUT2D eigenvalue weighted by molar-refractivity contribution is 5.90. The molecule has 4 rings (SSSR count). The fraction of sp³-hybridized carbons (Fsp3) is 0.333. The normalized spacial score (nSPS) is 18.2. The molecule has 1 aliphatic heterocycles. The van der Waals surface area contributed by atoms with Gasteiger partial charge in [0.2, 0.25) is 5.91 Å². The van der Waals surface area contributed by atoms with Crippen LogP contribution in [0.15, 0.2) is 36.7 Å². The maximum absolute atomic E-state index is 11.3.